The lowest BCUT2D eigenvalue weighted by Gasteiger charge is -2.11. The summed E-state index contributed by atoms with van der Waals surface area (Å²) >= 11 is 3.35. The minimum Gasteiger partial charge on any atom is -0.493 e. The molecule has 2 aromatic rings. The molecule has 5 heteroatoms. The van der Waals surface area contributed by atoms with Crippen molar-refractivity contribution in [3.8, 4) is 11.5 Å². The van der Waals surface area contributed by atoms with E-state index in [1.54, 1.807) is 14.2 Å². The molecule has 0 fully saturated rings. The maximum Gasteiger partial charge on any atom is 0.162 e. The van der Waals surface area contributed by atoms with E-state index in [1.807, 2.05) is 36.4 Å². The van der Waals surface area contributed by atoms with Gasteiger partial charge in [0.05, 0.1) is 26.5 Å². The van der Waals surface area contributed by atoms with Crippen LogP contribution in [0.15, 0.2) is 41.0 Å². The molecule has 0 bridgehead atoms. The number of nitrogens with zero attached hydrogens (tertiary/aromatic N) is 1. The minimum absolute atomic E-state index is 0.648. The molecule has 0 saturated heterocycles. The summed E-state index contributed by atoms with van der Waals surface area (Å²) in [6.07, 6.45) is 0. The van der Waals surface area contributed by atoms with Gasteiger partial charge in [0, 0.05) is 11.8 Å². The molecule has 1 N–H and O–H groups in total. The molecule has 0 atom stereocenters. The molecule has 0 saturated carbocycles. The predicted octanol–water partition coefficient (Wildman–Crippen LogP) is 3.47. The van der Waals surface area contributed by atoms with Crippen LogP contribution >= 0.6 is 15.9 Å². The quantitative estimate of drug-likeness (QED) is 0.856. The zero-order chi connectivity index (χ0) is 13.7. The highest BCUT2D eigenvalue weighted by molar-refractivity contribution is 9.10. The van der Waals surface area contributed by atoms with Crippen molar-refractivity contribution in [3.05, 3.63) is 46.7 Å². The number of nitrogens with one attached hydrogen (secondary N) is 1. The molecule has 0 radical (unpaired) electrons. The van der Waals surface area contributed by atoms with Crippen LogP contribution in [0.4, 0.5) is 5.69 Å². The van der Waals surface area contributed by atoms with Gasteiger partial charge in [0.25, 0.3) is 0 Å². The molecule has 0 amide bonds. The molecule has 1 aromatic carbocycles. The molecule has 0 aliphatic carbocycles. The van der Waals surface area contributed by atoms with Crippen molar-refractivity contribution in [2.45, 2.75) is 6.54 Å². The van der Waals surface area contributed by atoms with Gasteiger partial charge in [-0.05, 0) is 40.2 Å². The Morgan fingerprint density at radius 1 is 1.11 bits per heavy atom. The van der Waals surface area contributed by atoms with Crippen LogP contribution in [0.1, 0.15) is 5.69 Å². The largest absolute Gasteiger partial charge is 0.493 e. The SMILES string of the molecule is COc1ccc(NCc2cccc(Br)n2)cc1OC. The monoisotopic (exact) mass is 322 g/mol. The van der Waals surface area contributed by atoms with Crippen molar-refractivity contribution in [2.75, 3.05) is 19.5 Å². The Labute approximate surface area is 120 Å². The Hall–Kier alpha value is -1.75. The normalized spacial score (nSPS) is 10.1. The standard InChI is InChI=1S/C14H15BrN2O2/c1-18-12-7-6-10(8-13(12)19-2)16-9-11-4-3-5-14(15)17-11/h3-8,16H,9H2,1-2H3. The Morgan fingerprint density at radius 2 is 1.89 bits per heavy atom. The van der Waals surface area contributed by atoms with E-state index in [4.69, 9.17) is 9.47 Å². The van der Waals surface area contributed by atoms with Crippen molar-refractivity contribution < 1.29 is 9.47 Å². The van der Waals surface area contributed by atoms with Crippen molar-refractivity contribution in [3.63, 3.8) is 0 Å². The van der Waals surface area contributed by atoms with Crippen LogP contribution < -0.4 is 14.8 Å². The lowest BCUT2D eigenvalue weighted by molar-refractivity contribution is 0.355. The van der Waals surface area contributed by atoms with Gasteiger partial charge in [0.15, 0.2) is 11.5 Å². The number of rotatable bonds is 5. The summed E-state index contributed by atoms with van der Waals surface area (Å²) in [5.74, 6) is 1.42. The molecule has 1 heterocycles. The summed E-state index contributed by atoms with van der Waals surface area (Å²) < 4.78 is 11.3. The molecule has 0 aliphatic rings. The van der Waals surface area contributed by atoms with Crippen LogP contribution in [0.25, 0.3) is 0 Å². The Kier molecular flexibility index (Phi) is 4.63. The predicted molar refractivity (Wildman–Crippen MR) is 78.8 cm³/mol. The number of halogens is 1. The molecular weight excluding hydrogens is 308 g/mol. The van der Waals surface area contributed by atoms with Crippen LogP contribution in [-0.4, -0.2) is 19.2 Å². The fraction of sp³-hybridized carbons (Fsp3) is 0.214. The topological polar surface area (TPSA) is 43.4 Å². The molecule has 2 rings (SSSR count). The number of methoxy groups -OCH3 is 2. The summed E-state index contributed by atoms with van der Waals surface area (Å²) in [6.45, 7) is 0.648. The summed E-state index contributed by atoms with van der Waals surface area (Å²) in [6, 6.07) is 11.5. The van der Waals surface area contributed by atoms with Gasteiger partial charge in [0.2, 0.25) is 0 Å². The number of aromatic nitrogens is 1. The second-order valence-corrected chi connectivity index (χ2v) is 4.69. The molecule has 4 nitrogen and oxygen atoms in total. The first-order valence-electron chi connectivity index (χ1n) is 5.80. The van der Waals surface area contributed by atoms with E-state index in [-0.39, 0.29) is 0 Å². The zero-order valence-electron chi connectivity index (χ0n) is 10.8. The van der Waals surface area contributed by atoms with E-state index in [0.29, 0.717) is 18.0 Å². The molecule has 100 valence electrons. The van der Waals surface area contributed by atoms with E-state index in [0.717, 1.165) is 16.0 Å². The molecule has 1 aromatic heterocycles. The Morgan fingerprint density at radius 3 is 2.58 bits per heavy atom. The van der Waals surface area contributed by atoms with Gasteiger partial charge < -0.3 is 14.8 Å². The van der Waals surface area contributed by atoms with Gasteiger partial charge in [-0.15, -0.1) is 0 Å². The minimum atomic E-state index is 0.648. The van der Waals surface area contributed by atoms with Crippen molar-refractivity contribution in [2.24, 2.45) is 0 Å². The summed E-state index contributed by atoms with van der Waals surface area (Å²) in [7, 11) is 3.24. The third-order valence-electron chi connectivity index (χ3n) is 2.63. The van der Waals surface area contributed by atoms with Gasteiger partial charge in [-0.1, -0.05) is 6.07 Å². The average molecular weight is 323 g/mol. The molecule has 0 spiro atoms. The molecular formula is C14H15BrN2O2. The number of ether oxygens (including phenoxy) is 2. The highest BCUT2D eigenvalue weighted by Gasteiger charge is 2.04. The highest BCUT2D eigenvalue weighted by Crippen LogP contribution is 2.29. The van der Waals surface area contributed by atoms with Gasteiger partial charge >= 0.3 is 0 Å². The fourth-order valence-corrected chi connectivity index (χ4v) is 2.07. The number of benzene rings is 1. The maximum atomic E-state index is 5.26. The number of anilines is 1. The lowest BCUT2D eigenvalue weighted by Crippen LogP contribution is -2.02. The van der Waals surface area contributed by atoms with E-state index < -0.39 is 0 Å². The van der Waals surface area contributed by atoms with Crippen molar-refractivity contribution in [1.82, 2.24) is 4.98 Å². The Balaban J connectivity index is 2.07. The van der Waals surface area contributed by atoms with Gasteiger partial charge in [-0.3, -0.25) is 0 Å². The lowest BCUT2D eigenvalue weighted by atomic mass is 10.2. The molecule has 0 aliphatic heterocycles. The van der Waals surface area contributed by atoms with Gasteiger partial charge in [-0.2, -0.15) is 0 Å². The Bertz CT molecular complexity index is 561. The third-order valence-corrected chi connectivity index (χ3v) is 3.07. The van der Waals surface area contributed by atoms with Crippen LogP contribution in [0.3, 0.4) is 0 Å². The van der Waals surface area contributed by atoms with Crippen LogP contribution in [0.2, 0.25) is 0 Å². The van der Waals surface area contributed by atoms with Crippen LogP contribution in [0, 0.1) is 0 Å². The number of hydrogen-bond acceptors (Lipinski definition) is 4. The van der Waals surface area contributed by atoms with Gasteiger partial charge in [0.1, 0.15) is 4.60 Å². The second-order valence-electron chi connectivity index (χ2n) is 3.87. The van der Waals surface area contributed by atoms with E-state index in [1.165, 1.54) is 0 Å². The first-order chi connectivity index (χ1) is 9.22. The van der Waals surface area contributed by atoms with Crippen molar-refractivity contribution >= 4 is 21.6 Å². The molecule has 19 heavy (non-hydrogen) atoms. The van der Waals surface area contributed by atoms with Crippen molar-refractivity contribution in [1.29, 1.82) is 0 Å². The number of pyridine rings is 1. The van der Waals surface area contributed by atoms with Gasteiger partial charge in [-0.25, -0.2) is 4.98 Å². The van der Waals surface area contributed by atoms with E-state index in [2.05, 4.69) is 26.2 Å². The highest BCUT2D eigenvalue weighted by atomic mass is 79.9. The maximum absolute atomic E-state index is 5.26. The number of hydrogen-bond donors (Lipinski definition) is 1. The zero-order valence-corrected chi connectivity index (χ0v) is 12.4. The average Bonchev–Trinajstić information content (AvgIpc) is 2.45. The van der Waals surface area contributed by atoms with E-state index in [9.17, 15) is 0 Å². The fourth-order valence-electron chi connectivity index (χ4n) is 1.69. The summed E-state index contributed by atoms with van der Waals surface area (Å²) in [4.78, 5) is 4.36. The first kappa shape index (κ1) is 13.7. The summed E-state index contributed by atoms with van der Waals surface area (Å²) in [5.41, 5.74) is 1.92. The van der Waals surface area contributed by atoms with Crippen LogP contribution in [-0.2, 0) is 6.54 Å². The van der Waals surface area contributed by atoms with Crippen LogP contribution in [0.5, 0.6) is 11.5 Å². The third kappa shape index (κ3) is 3.61. The summed E-state index contributed by atoms with van der Waals surface area (Å²) in [5, 5.41) is 3.30. The molecule has 0 unspecified atom stereocenters. The smallest absolute Gasteiger partial charge is 0.162 e. The second kappa shape index (κ2) is 6.43. The van der Waals surface area contributed by atoms with E-state index >= 15 is 0 Å². The first-order valence-corrected chi connectivity index (χ1v) is 6.59.